The van der Waals surface area contributed by atoms with Gasteiger partial charge in [0.05, 0.1) is 5.69 Å². The van der Waals surface area contributed by atoms with Crippen LogP contribution in [0.15, 0.2) is 47.2 Å². The number of hydrogen-bond acceptors (Lipinski definition) is 6. The molecule has 1 aliphatic heterocycles. The van der Waals surface area contributed by atoms with E-state index in [1.807, 2.05) is 11.3 Å². The highest BCUT2D eigenvalue weighted by Crippen LogP contribution is 2.18. The van der Waals surface area contributed by atoms with Crippen LogP contribution in [0.1, 0.15) is 15.6 Å². The van der Waals surface area contributed by atoms with Crippen LogP contribution >= 0.6 is 22.7 Å². The molecule has 1 aromatic carbocycles. The maximum Gasteiger partial charge on any atom is 0.140 e. The van der Waals surface area contributed by atoms with E-state index in [1.165, 1.54) is 17.0 Å². The topological polar surface area (TPSA) is 28.6 Å². The summed E-state index contributed by atoms with van der Waals surface area (Å²) in [5.41, 5.74) is 1.10. The molecule has 27 heavy (non-hydrogen) atoms. The molecule has 0 unspecified atom stereocenters. The predicted octanol–water partition coefficient (Wildman–Crippen LogP) is 4.24. The Morgan fingerprint density at radius 1 is 0.963 bits per heavy atom. The first kappa shape index (κ1) is 18.6. The maximum absolute atomic E-state index is 12.9. The molecule has 0 aliphatic carbocycles. The maximum atomic E-state index is 12.9. The summed E-state index contributed by atoms with van der Waals surface area (Å²) in [4.78, 5) is 11.1. The van der Waals surface area contributed by atoms with E-state index >= 15 is 0 Å². The number of piperazine rings is 1. The Morgan fingerprint density at radius 2 is 1.70 bits per heavy atom. The van der Waals surface area contributed by atoms with Crippen LogP contribution in [0, 0.1) is 5.82 Å². The first-order valence-electron chi connectivity index (χ1n) is 9.03. The summed E-state index contributed by atoms with van der Waals surface area (Å²) >= 11 is 3.45. The van der Waals surface area contributed by atoms with Gasteiger partial charge in [-0.25, -0.2) is 9.37 Å². The lowest BCUT2D eigenvalue weighted by Crippen LogP contribution is -2.45. The number of hydrogen-bond donors (Lipinski definition) is 0. The molecule has 0 bridgehead atoms. The standard InChI is InChI=1S/C20H22FN3OS2/c21-16-3-5-18(6-4-16)25-14-20-22-17(15-27-20)12-23-7-9-24(10-8-23)13-19-2-1-11-26-19/h1-6,11,15H,7-10,12-14H2. The van der Waals surface area contributed by atoms with Crippen LogP contribution in [0.2, 0.25) is 0 Å². The van der Waals surface area contributed by atoms with Crippen molar-refractivity contribution in [2.45, 2.75) is 19.7 Å². The van der Waals surface area contributed by atoms with Gasteiger partial charge in [0, 0.05) is 49.5 Å². The quantitative estimate of drug-likeness (QED) is 0.590. The number of nitrogens with zero attached hydrogens (tertiary/aromatic N) is 3. The molecule has 1 aliphatic rings. The molecule has 3 aromatic rings. The summed E-state index contributed by atoms with van der Waals surface area (Å²) in [6.07, 6.45) is 0. The molecule has 1 saturated heterocycles. The third-order valence-corrected chi connectivity index (χ3v) is 6.32. The number of benzene rings is 1. The van der Waals surface area contributed by atoms with Gasteiger partial charge >= 0.3 is 0 Å². The third-order valence-electron chi connectivity index (χ3n) is 4.59. The second kappa shape index (κ2) is 8.93. The van der Waals surface area contributed by atoms with E-state index < -0.39 is 0 Å². The highest BCUT2D eigenvalue weighted by molar-refractivity contribution is 7.10. The molecule has 0 radical (unpaired) electrons. The molecule has 4 rings (SSSR count). The molecule has 0 saturated carbocycles. The number of rotatable bonds is 7. The Balaban J connectivity index is 1.22. The van der Waals surface area contributed by atoms with Gasteiger partial charge in [0.15, 0.2) is 0 Å². The number of thiophene rings is 1. The van der Waals surface area contributed by atoms with E-state index in [9.17, 15) is 4.39 Å². The van der Waals surface area contributed by atoms with E-state index in [0.29, 0.717) is 12.4 Å². The normalized spacial score (nSPS) is 15.9. The average molecular weight is 404 g/mol. The monoisotopic (exact) mass is 403 g/mol. The molecule has 142 valence electrons. The Bertz CT molecular complexity index is 827. The van der Waals surface area contributed by atoms with Crippen LogP contribution in [-0.4, -0.2) is 41.0 Å². The summed E-state index contributed by atoms with van der Waals surface area (Å²) in [5, 5.41) is 5.21. The highest BCUT2D eigenvalue weighted by Gasteiger charge is 2.18. The van der Waals surface area contributed by atoms with Crippen molar-refractivity contribution in [3.63, 3.8) is 0 Å². The van der Waals surface area contributed by atoms with Gasteiger partial charge in [-0.2, -0.15) is 0 Å². The zero-order valence-electron chi connectivity index (χ0n) is 15.0. The van der Waals surface area contributed by atoms with Gasteiger partial charge in [-0.1, -0.05) is 6.07 Å². The first-order chi connectivity index (χ1) is 13.2. The van der Waals surface area contributed by atoms with E-state index in [0.717, 1.165) is 50.0 Å². The summed E-state index contributed by atoms with van der Waals surface area (Å²) in [5.74, 6) is 0.407. The fraction of sp³-hybridized carbons (Fsp3) is 0.350. The van der Waals surface area contributed by atoms with Crippen molar-refractivity contribution >= 4 is 22.7 Å². The lowest BCUT2D eigenvalue weighted by Gasteiger charge is -2.34. The molecule has 4 nitrogen and oxygen atoms in total. The van der Waals surface area contributed by atoms with Crippen LogP contribution in [0.3, 0.4) is 0 Å². The average Bonchev–Trinajstić information content (AvgIpc) is 3.35. The lowest BCUT2D eigenvalue weighted by atomic mass is 10.3. The van der Waals surface area contributed by atoms with Gasteiger partial charge < -0.3 is 4.74 Å². The molecule has 1 fully saturated rings. The molecule has 0 amide bonds. The number of thiazole rings is 1. The number of aromatic nitrogens is 1. The Morgan fingerprint density at radius 3 is 2.41 bits per heavy atom. The number of ether oxygens (including phenoxy) is 1. The van der Waals surface area contributed by atoms with Crippen molar-refractivity contribution in [3.8, 4) is 5.75 Å². The fourth-order valence-electron chi connectivity index (χ4n) is 3.12. The zero-order chi connectivity index (χ0) is 18.5. The van der Waals surface area contributed by atoms with Crippen LogP contribution < -0.4 is 4.74 Å². The summed E-state index contributed by atoms with van der Waals surface area (Å²) < 4.78 is 18.6. The zero-order valence-corrected chi connectivity index (χ0v) is 16.6. The van der Waals surface area contributed by atoms with Crippen molar-refractivity contribution in [1.82, 2.24) is 14.8 Å². The Hall–Kier alpha value is -1.80. The molecule has 0 N–H and O–H groups in total. The van der Waals surface area contributed by atoms with Crippen molar-refractivity contribution in [3.05, 3.63) is 68.6 Å². The molecule has 7 heteroatoms. The molecule has 0 spiro atoms. The smallest absolute Gasteiger partial charge is 0.140 e. The van der Waals surface area contributed by atoms with Gasteiger partial charge in [-0.15, -0.1) is 22.7 Å². The molecular formula is C20H22FN3OS2. The number of halogens is 1. The van der Waals surface area contributed by atoms with Gasteiger partial charge in [0.25, 0.3) is 0 Å². The highest BCUT2D eigenvalue weighted by atomic mass is 32.1. The van der Waals surface area contributed by atoms with Gasteiger partial charge in [-0.3, -0.25) is 9.80 Å². The first-order valence-corrected chi connectivity index (χ1v) is 10.8. The van der Waals surface area contributed by atoms with Crippen molar-refractivity contribution in [1.29, 1.82) is 0 Å². The minimum Gasteiger partial charge on any atom is -0.486 e. The van der Waals surface area contributed by atoms with Crippen LogP contribution in [0.5, 0.6) is 5.75 Å². The van der Waals surface area contributed by atoms with Crippen molar-refractivity contribution in [2.75, 3.05) is 26.2 Å². The summed E-state index contributed by atoms with van der Waals surface area (Å²) in [7, 11) is 0. The molecule has 0 atom stereocenters. The van der Waals surface area contributed by atoms with Crippen molar-refractivity contribution < 1.29 is 9.13 Å². The Labute approximate surface area is 166 Å². The molecular weight excluding hydrogens is 381 g/mol. The molecule has 2 aromatic heterocycles. The second-order valence-electron chi connectivity index (χ2n) is 6.61. The van der Waals surface area contributed by atoms with Crippen molar-refractivity contribution in [2.24, 2.45) is 0 Å². The largest absolute Gasteiger partial charge is 0.486 e. The van der Waals surface area contributed by atoms with E-state index in [4.69, 9.17) is 4.74 Å². The van der Waals surface area contributed by atoms with E-state index in [1.54, 1.807) is 23.5 Å². The van der Waals surface area contributed by atoms with Gasteiger partial charge in [0.1, 0.15) is 23.2 Å². The lowest BCUT2D eigenvalue weighted by molar-refractivity contribution is 0.122. The summed E-state index contributed by atoms with van der Waals surface area (Å²) in [6, 6.07) is 10.4. The van der Waals surface area contributed by atoms with E-state index in [2.05, 4.69) is 37.7 Å². The van der Waals surface area contributed by atoms with Gasteiger partial charge in [-0.05, 0) is 35.7 Å². The Kier molecular flexibility index (Phi) is 6.14. The SMILES string of the molecule is Fc1ccc(OCc2nc(CN3CCN(Cc4cccs4)CC3)cs2)cc1. The minimum atomic E-state index is -0.255. The van der Waals surface area contributed by atoms with Crippen LogP contribution in [-0.2, 0) is 19.7 Å². The second-order valence-corrected chi connectivity index (χ2v) is 8.58. The predicted molar refractivity (Wildman–Crippen MR) is 108 cm³/mol. The van der Waals surface area contributed by atoms with E-state index in [-0.39, 0.29) is 5.82 Å². The fourth-order valence-corrected chi connectivity index (χ4v) is 4.56. The van der Waals surface area contributed by atoms with Gasteiger partial charge in [0.2, 0.25) is 0 Å². The van der Waals surface area contributed by atoms with Crippen LogP contribution in [0.4, 0.5) is 4.39 Å². The minimum absolute atomic E-state index is 0.255. The molecule has 3 heterocycles. The third kappa shape index (κ3) is 5.35. The van der Waals surface area contributed by atoms with Crippen LogP contribution in [0.25, 0.3) is 0 Å². The summed E-state index contributed by atoms with van der Waals surface area (Å²) in [6.45, 7) is 6.72.